The van der Waals surface area contributed by atoms with Crippen LogP contribution in [-0.4, -0.2) is 36.6 Å². The molecule has 0 unspecified atom stereocenters. The fraction of sp³-hybridized carbons (Fsp3) is 0.250. The van der Waals surface area contributed by atoms with Gasteiger partial charge < -0.3 is 9.84 Å². The molecule has 142 valence electrons. The van der Waals surface area contributed by atoms with Crippen LogP contribution in [0.4, 0.5) is 0 Å². The van der Waals surface area contributed by atoms with Crippen molar-refractivity contribution in [2.45, 2.75) is 24.9 Å². The number of hydrogen-bond donors (Lipinski definition) is 1. The standard InChI is InChI=1S/C20H18ClN5O2/c1-28-18-7-5-13(8-16(18)21)26-10-17(23-24-26)20(27)19-15(12-2-3-12)6-4-14-9-22-11-25(14)19/h4-12,20,27H,2-3H2,1H3/t20-/m0/s1. The van der Waals surface area contributed by atoms with E-state index < -0.39 is 6.10 Å². The Morgan fingerprint density at radius 3 is 2.86 bits per heavy atom. The van der Waals surface area contributed by atoms with Crippen molar-refractivity contribution in [2.24, 2.45) is 0 Å². The molecule has 5 rings (SSSR count). The lowest BCUT2D eigenvalue weighted by Gasteiger charge is -2.16. The summed E-state index contributed by atoms with van der Waals surface area (Å²) >= 11 is 6.21. The van der Waals surface area contributed by atoms with Crippen LogP contribution >= 0.6 is 11.6 Å². The summed E-state index contributed by atoms with van der Waals surface area (Å²) in [5, 5.41) is 20.0. The second-order valence-electron chi connectivity index (χ2n) is 6.95. The number of methoxy groups -OCH3 is 1. The molecule has 0 amide bonds. The van der Waals surface area contributed by atoms with Crippen LogP contribution in [0.2, 0.25) is 5.02 Å². The van der Waals surface area contributed by atoms with E-state index >= 15 is 0 Å². The molecule has 0 spiro atoms. The molecule has 0 bridgehead atoms. The van der Waals surface area contributed by atoms with Gasteiger partial charge in [-0.1, -0.05) is 22.9 Å². The minimum absolute atomic E-state index is 0.468. The van der Waals surface area contributed by atoms with E-state index in [1.54, 1.807) is 42.6 Å². The smallest absolute Gasteiger partial charge is 0.140 e. The summed E-state index contributed by atoms with van der Waals surface area (Å²) in [5.74, 6) is 1.07. The van der Waals surface area contributed by atoms with Gasteiger partial charge in [0.05, 0.1) is 47.8 Å². The van der Waals surface area contributed by atoms with Crippen molar-refractivity contribution >= 4 is 17.1 Å². The molecule has 7 nitrogen and oxygen atoms in total. The van der Waals surface area contributed by atoms with E-state index in [4.69, 9.17) is 16.3 Å². The van der Waals surface area contributed by atoms with Gasteiger partial charge >= 0.3 is 0 Å². The molecular weight excluding hydrogens is 378 g/mol. The van der Waals surface area contributed by atoms with Gasteiger partial charge in [0, 0.05) is 0 Å². The Hall–Kier alpha value is -2.90. The van der Waals surface area contributed by atoms with Crippen LogP contribution in [0.3, 0.4) is 0 Å². The quantitative estimate of drug-likeness (QED) is 0.559. The molecule has 4 aromatic rings. The largest absolute Gasteiger partial charge is 0.495 e. The first-order valence-electron chi connectivity index (χ1n) is 9.05. The first kappa shape index (κ1) is 17.2. The lowest BCUT2D eigenvalue weighted by Crippen LogP contribution is -2.10. The minimum Gasteiger partial charge on any atom is -0.495 e. The molecule has 1 aliphatic carbocycles. The summed E-state index contributed by atoms with van der Waals surface area (Å²) in [4.78, 5) is 4.22. The minimum atomic E-state index is -0.907. The average molecular weight is 396 g/mol. The summed E-state index contributed by atoms with van der Waals surface area (Å²) in [5.41, 5.74) is 4.08. The predicted octanol–water partition coefficient (Wildman–Crippen LogP) is 3.54. The summed E-state index contributed by atoms with van der Waals surface area (Å²) in [7, 11) is 1.57. The van der Waals surface area contributed by atoms with Gasteiger partial charge in [0.25, 0.3) is 0 Å². The topological polar surface area (TPSA) is 77.5 Å². The van der Waals surface area contributed by atoms with Crippen LogP contribution in [0.15, 0.2) is 49.1 Å². The lowest BCUT2D eigenvalue weighted by molar-refractivity contribution is 0.207. The van der Waals surface area contributed by atoms with Gasteiger partial charge in [-0.15, -0.1) is 5.10 Å². The SMILES string of the molecule is COc1ccc(-n2cc([C@H](O)c3c(C4CC4)ccc4cncn34)nn2)cc1Cl. The monoisotopic (exact) mass is 395 g/mol. The van der Waals surface area contributed by atoms with E-state index in [0.717, 1.165) is 35.3 Å². The van der Waals surface area contributed by atoms with E-state index in [1.165, 1.54) is 0 Å². The number of halogens is 1. The maximum Gasteiger partial charge on any atom is 0.140 e. The Balaban J connectivity index is 1.55. The number of benzene rings is 1. The molecule has 0 saturated heterocycles. The average Bonchev–Trinajstić information content (AvgIpc) is 3.24. The van der Waals surface area contributed by atoms with E-state index in [-0.39, 0.29) is 0 Å². The highest BCUT2D eigenvalue weighted by Crippen LogP contribution is 2.44. The van der Waals surface area contributed by atoms with Crippen molar-refractivity contribution in [1.82, 2.24) is 24.4 Å². The molecule has 28 heavy (non-hydrogen) atoms. The lowest BCUT2D eigenvalue weighted by atomic mass is 10.0. The molecule has 8 heteroatoms. The third-order valence-electron chi connectivity index (χ3n) is 5.12. The molecule has 1 aliphatic rings. The van der Waals surface area contributed by atoms with Crippen LogP contribution in [0.5, 0.6) is 5.75 Å². The number of aliphatic hydroxyl groups excluding tert-OH is 1. The van der Waals surface area contributed by atoms with Crippen molar-refractivity contribution in [1.29, 1.82) is 0 Å². The number of hydrogen-bond acceptors (Lipinski definition) is 5. The number of ether oxygens (including phenoxy) is 1. The zero-order chi connectivity index (χ0) is 19.3. The Morgan fingerprint density at radius 1 is 1.25 bits per heavy atom. The van der Waals surface area contributed by atoms with Gasteiger partial charge in [0.2, 0.25) is 0 Å². The highest BCUT2D eigenvalue weighted by molar-refractivity contribution is 6.32. The second kappa shape index (κ2) is 6.61. The number of pyridine rings is 1. The Kier molecular flexibility index (Phi) is 4.07. The van der Waals surface area contributed by atoms with Crippen LogP contribution in [-0.2, 0) is 0 Å². The number of nitrogens with zero attached hydrogens (tertiary/aromatic N) is 5. The van der Waals surface area contributed by atoms with Gasteiger partial charge in [-0.05, 0) is 48.6 Å². The number of aliphatic hydroxyl groups is 1. The molecule has 0 radical (unpaired) electrons. The molecule has 1 atom stereocenters. The highest BCUT2D eigenvalue weighted by atomic mass is 35.5. The summed E-state index contributed by atoms with van der Waals surface area (Å²) in [6.45, 7) is 0. The number of aromatic nitrogens is 5. The molecular formula is C20H18ClN5O2. The third kappa shape index (κ3) is 2.83. The first-order valence-corrected chi connectivity index (χ1v) is 9.42. The Morgan fingerprint density at radius 2 is 2.11 bits per heavy atom. The zero-order valence-corrected chi connectivity index (χ0v) is 15.9. The van der Waals surface area contributed by atoms with Crippen molar-refractivity contribution in [2.75, 3.05) is 7.11 Å². The van der Waals surface area contributed by atoms with Gasteiger partial charge in [0.15, 0.2) is 0 Å². The second-order valence-corrected chi connectivity index (χ2v) is 7.35. The Labute approximate surface area is 166 Å². The van der Waals surface area contributed by atoms with Crippen molar-refractivity contribution in [3.63, 3.8) is 0 Å². The molecule has 1 N–H and O–H groups in total. The third-order valence-corrected chi connectivity index (χ3v) is 5.42. The van der Waals surface area contributed by atoms with Crippen LogP contribution < -0.4 is 4.74 Å². The summed E-state index contributed by atoms with van der Waals surface area (Å²) in [6, 6.07) is 9.47. The van der Waals surface area contributed by atoms with Crippen molar-refractivity contribution in [3.05, 3.63) is 71.0 Å². The number of imidazole rings is 1. The van der Waals surface area contributed by atoms with E-state index in [0.29, 0.717) is 22.4 Å². The van der Waals surface area contributed by atoms with Crippen molar-refractivity contribution < 1.29 is 9.84 Å². The molecule has 0 aliphatic heterocycles. The van der Waals surface area contributed by atoms with Crippen LogP contribution in [0, 0.1) is 0 Å². The van der Waals surface area contributed by atoms with E-state index in [2.05, 4.69) is 21.4 Å². The fourth-order valence-electron chi connectivity index (χ4n) is 3.52. The van der Waals surface area contributed by atoms with Gasteiger partial charge in [-0.2, -0.15) is 0 Å². The highest BCUT2D eigenvalue weighted by Gasteiger charge is 2.31. The molecule has 3 heterocycles. The zero-order valence-electron chi connectivity index (χ0n) is 15.2. The normalized spacial score (nSPS) is 15.1. The van der Waals surface area contributed by atoms with Crippen LogP contribution in [0.25, 0.3) is 11.2 Å². The Bertz CT molecular complexity index is 1160. The van der Waals surface area contributed by atoms with Crippen LogP contribution in [0.1, 0.15) is 41.8 Å². The molecule has 1 aromatic carbocycles. The summed E-state index contributed by atoms with van der Waals surface area (Å²) < 4.78 is 8.71. The summed E-state index contributed by atoms with van der Waals surface area (Å²) in [6.07, 6.45) is 6.59. The molecule has 1 saturated carbocycles. The van der Waals surface area contributed by atoms with Crippen molar-refractivity contribution in [3.8, 4) is 11.4 Å². The number of rotatable bonds is 5. The van der Waals surface area contributed by atoms with E-state index in [1.807, 2.05) is 16.5 Å². The molecule has 1 fully saturated rings. The molecule has 3 aromatic heterocycles. The predicted molar refractivity (Wildman–Crippen MR) is 104 cm³/mol. The van der Waals surface area contributed by atoms with Gasteiger partial charge in [0.1, 0.15) is 17.5 Å². The maximum atomic E-state index is 11.2. The first-order chi connectivity index (χ1) is 13.7. The number of fused-ring (bicyclic) bond motifs is 1. The maximum absolute atomic E-state index is 11.2. The van der Waals surface area contributed by atoms with Gasteiger partial charge in [-0.3, -0.25) is 4.40 Å². The van der Waals surface area contributed by atoms with E-state index in [9.17, 15) is 5.11 Å². The fourth-order valence-corrected chi connectivity index (χ4v) is 3.78. The van der Waals surface area contributed by atoms with Gasteiger partial charge in [-0.25, -0.2) is 9.67 Å².